The van der Waals surface area contributed by atoms with E-state index in [1.54, 1.807) is 4.90 Å². The maximum Gasteiger partial charge on any atom is 0.266 e. The van der Waals surface area contributed by atoms with Crippen molar-refractivity contribution in [3.05, 3.63) is 70.1 Å². The van der Waals surface area contributed by atoms with Gasteiger partial charge in [0.1, 0.15) is 4.32 Å². The van der Waals surface area contributed by atoms with Crippen molar-refractivity contribution in [2.75, 3.05) is 11.9 Å². The Balaban J connectivity index is 1.53. The van der Waals surface area contributed by atoms with Gasteiger partial charge in [-0.25, -0.2) is 0 Å². The average Bonchev–Trinajstić information content (AvgIpc) is 2.91. The van der Waals surface area contributed by atoms with Gasteiger partial charge in [0, 0.05) is 18.7 Å². The van der Waals surface area contributed by atoms with Gasteiger partial charge in [0.2, 0.25) is 5.91 Å². The highest BCUT2D eigenvalue weighted by Crippen LogP contribution is 2.32. The van der Waals surface area contributed by atoms with Crippen molar-refractivity contribution in [1.82, 2.24) is 4.90 Å². The molecule has 1 N–H and O–H groups in total. The van der Waals surface area contributed by atoms with Crippen molar-refractivity contribution < 1.29 is 9.59 Å². The van der Waals surface area contributed by atoms with Crippen molar-refractivity contribution in [1.29, 1.82) is 0 Å². The van der Waals surface area contributed by atoms with E-state index < -0.39 is 0 Å². The summed E-state index contributed by atoms with van der Waals surface area (Å²) < 4.78 is 0.544. The van der Waals surface area contributed by atoms with Crippen molar-refractivity contribution in [3.8, 4) is 0 Å². The van der Waals surface area contributed by atoms with Crippen LogP contribution in [-0.2, 0) is 9.59 Å². The second-order valence-electron chi connectivity index (χ2n) is 6.77. The molecule has 0 saturated carbocycles. The molecule has 2 aromatic carbocycles. The first-order valence-corrected chi connectivity index (χ1v) is 10.3. The fourth-order valence-corrected chi connectivity index (χ4v) is 4.16. The van der Waals surface area contributed by atoms with Gasteiger partial charge in [-0.3, -0.25) is 14.5 Å². The van der Waals surface area contributed by atoms with Crippen LogP contribution in [0.4, 0.5) is 5.69 Å². The Hall–Kier alpha value is -2.44. The molecule has 0 spiro atoms. The maximum absolute atomic E-state index is 12.6. The maximum atomic E-state index is 12.6. The van der Waals surface area contributed by atoms with Crippen LogP contribution in [-0.4, -0.2) is 27.6 Å². The van der Waals surface area contributed by atoms with Crippen LogP contribution >= 0.6 is 24.0 Å². The SMILES string of the molecule is Cc1ccc(C=C2SC(=S)N(CCCC(=O)Nc3cccc(C)c3)C2=O)cc1. The summed E-state index contributed by atoms with van der Waals surface area (Å²) in [7, 11) is 0. The summed E-state index contributed by atoms with van der Waals surface area (Å²) in [4.78, 5) is 27.0. The molecule has 0 unspecified atom stereocenters. The van der Waals surface area contributed by atoms with Crippen molar-refractivity contribution in [2.24, 2.45) is 0 Å². The first-order chi connectivity index (χ1) is 13.4. The molecule has 6 heteroatoms. The van der Waals surface area contributed by atoms with Crippen LogP contribution in [0.1, 0.15) is 29.5 Å². The van der Waals surface area contributed by atoms with E-state index in [9.17, 15) is 9.59 Å². The summed E-state index contributed by atoms with van der Waals surface area (Å²) in [5.74, 6) is -0.152. The minimum atomic E-state index is -0.0883. The molecule has 0 aromatic heterocycles. The van der Waals surface area contributed by atoms with Crippen LogP contribution in [0.25, 0.3) is 6.08 Å². The molecule has 1 heterocycles. The number of hydrogen-bond donors (Lipinski definition) is 1. The van der Waals surface area contributed by atoms with Crippen LogP contribution in [0.5, 0.6) is 0 Å². The Morgan fingerprint density at radius 1 is 1.14 bits per heavy atom. The molecule has 3 rings (SSSR count). The summed E-state index contributed by atoms with van der Waals surface area (Å²) in [5, 5.41) is 2.88. The van der Waals surface area contributed by atoms with Gasteiger partial charge in [0.05, 0.1) is 4.91 Å². The molecule has 2 aromatic rings. The van der Waals surface area contributed by atoms with Gasteiger partial charge in [0.25, 0.3) is 5.91 Å². The van der Waals surface area contributed by atoms with Gasteiger partial charge in [-0.05, 0) is 49.6 Å². The number of hydrogen-bond acceptors (Lipinski definition) is 4. The summed E-state index contributed by atoms with van der Waals surface area (Å²) in [6, 6.07) is 15.7. The lowest BCUT2D eigenvalue weighted by Gasteiger charge is -2.14. The summed E-state index contributed by atoms with van der Waals surface area (Å²) in [6.07, 6.45) is 2.76. The number of thiocarbonyl (C=S) groups is 1. The van der Waals surface area contributed by atoms with E-state index in [0.717, 1.165) is 16.8 Å². The van der Waals surface area contributed by atoms with Crippen molar-refractivity contribution >= 4 is 51.9 Å². The van der Waals surface area contributed by atoms with Gasteiger partial charge in [-0.15, -0.1) is 0 Å². The normalized spacial score (nSPS) is 15.4. The van der Waals surface area contributed by atoms with Crippen LogP contribution < -0.4 is 5.32 Å². The molecule has 0 atom stereocenters. The molecule has 2 amide bonds. The van der Waals surface area contributed by atoms with Crippen LogP contribution in [0.2, 0.25) is 0 Å². The number of thioether (sulfide) groups is 1. The number of nitrogens with zero attached hydrogens (tertiary/aromatic N) is 1. The van der Waals surface area contributed by atoms with Gasteiger partial charge in [-0.2, -0.15) is 0 Å². The largest absolute Gasteiger partial charge is 0.326 e. The molecule has 0 radical (unpaired) electrons. The molecule has 1 aliphatic rings. The van der Waals surface area contributed by atoms with Gasteiger partial charge in [-0.1, -0.05) is 65.9 Å². The Morgan fingerprint density at radius 3 is 2.61 bits per heavy atom. The summed E-state index contributed by atoms with van der Waals surface area (Å²) >= 11 is 6.67. The number of aryl methyl sites for hydroxylation is 2. The number of rotatable bonds is 6. The molecule has 144 valence electrons. The third-order valence-electron chi connectivity index (χ3n) is 4.34. The zero-order valence-corrected chi connectivity index (χ0v) is 17.5. The molecule has 1 fully saturated rings. The van der Waals surface area contributed by atoms with Gasteiger partial charge < -0.3 is 5.32 Å². The molecule has 0 aliphatic carbocycles. The predicted octanol–water partition coefficient (Wildman–Crippen LogP) is 4.92. The number of carbonyl (C=O) groups is 2. The number of amides is 2. The zero-order valence-electron chi connectivity index (χ0n) is 15.9. The summed E-state index contributed by atoms with van der Waals surface area (Å²) in [5.41, 5.74) is 4.03. The van der Waals surface area contributed by atoms with E-state index in [4.69, 9.17) is 12.2 Å². The van der Waals surface area contributed by atoms with E-state index in [0.29, 0.717) is 28.6 Å². The lowest BCUT2D eigenvalue weighted by Crippen LogP contribution is -2.29. The van der Waals surface area contributed by atoms with E-state index in [2.05, 4.69) is 5.32 Å². The Morgan fingerprint density at radius 2 is 1.89 bits per heavy atom. The lowest BCUT2D eigenvalue weighted by molar-refractivity contribution is -0.122. The van der Waals surface area contributed by atoms with E-state index in [1.165, 1.54) is 17.3 Å². The first kappa shape index (κ1) is 20.3. The van der Waals surface area contributed by atoms with Crippen molar-refractivity contribution in [3.63, 3.8) is 0 Å². The summed E-state index contributed by atoms with van der Waals surface area (Å²) in [6.45, 7) is 4.45. The smallest absolute Gasteiger partial charge is 0.266 e. The Labute approximate surface area is 175 Å². The molecular formula is C22H22N2O2S2. The molecule has 28 heavy (non-hydrogen) atoms. The highest BCUT2D eigenvalue weighted by Gasteiger charge is 2.31. The second kappa shape index (κ2) is 9.17. The highest BCUT2D eigenvalue weighted by molar-refractivity contribution is 8.26. The minimum absolute atomic E-state index is 0.0637. The highest BCUT2D eigenvalue weighted by atomic mass is 32.2. The quantitative estimate of drug-likeness (QED) is 0.542. The number of carbonyl (C=O) groups excluding carboxylic acids is 2. The van der Waals surface area contributed by atoms with Gasteiger partial charge >= 0.3 is 0 Å². The number of anilines is 1. The standard InChI is InChI=1S/C22H22N2O2S2/c1-15-8-10-17(11-9-15)14-19-21(26)24(22(27)28-19)12-4-7-20(25)23-18-6-3-5-16(2)13-18/h3,5-6,8-11,13-14H,4,7,12H2,1-2H3,(H,23,25). The Kier molecular flexibility index (Phi) is 6.65. The number of benzene rings is 2. The van der Waals surface area contributed by atoms with Crippen LogP contribution in [0.3, 0.4) is 0 Å². The van der Waals surface area contributed by atoms with E-state index in [-0.39, 0.29) is 11.8 Å². The molecule has 0 bridgehead atoms. The van der Waals surface area contributed by atoms with E-state index >= 15 is 0 Å². The van der Waals surface area contributed by atoms with Gasteiger partial charge in [0.15, 0.2) is 0 Å². The zero-order chi connectivity index (χ0) is 20.1. The third kappa shape index (κ3) is 5.30. The average molecular weight is 411 g/mol. The van der Waals surface area contributed by atoms with Crippen LogP contribution in [0, 0.1) is 13.8 Å². The van der Waals surface area contributed by atoms with Crippen LogP contribution in [0.15, 0.2) is 53.4 Å². The number of nitrogens with one attached hydrogen (secondary N) is 1. The molecular weight excluding hydrogens is 388 g/mol. The van der Waals surface area contributed by atoms with Crippen molar-refractivity contribution in [2.45, 2.75) is 26.7 Å². The minimum Gasteiger partial charge on any atom is -0.326 e. The first-order valence-electron chi connectivity index (χ1n) is 9.11. The predicted molar refractivity (Wildman–Crippen MR) is 120 cm³/mol. The Bertz CT molecular complexity index is 936. The fraction of sp³-hybridized carbons (Fsp3) is 0.227. The molecule has 1 saturated heterocycles. The molecule has 1 aliphatic heterocycles. The fourth-order valence-electron chi connectivity index (χ4n) is 2.85. The molecule has 4 nitrogen and oxygen atoms in total. The third-order valence-corrected chi connectivity index (χ3v) is 5.71. The lowest BCUT2D eigenvalue weighted by atomic mass is 10.1. The topological polar surface area (TPSA) is 49.4 Å². The monoisotopic (exact) mass is 410 g/mol. The second-order valence-corrected chi connectivity index (χ2v) is 8.44. The van der Waals surface area contributed by atoms with E-state index in [1.807, 2.05) is 68.5 Å².